The van der Waals surface area contributed by atoms with Gasteiger partial charge in [0.2, 0.25) is 0 Å². The quantitative estimate of drug-likeness (QED) is 0.0108. The fourth-order valence-electron chi connectivity index (χ4n) is 14.8. The molecule has 0 aromatic heterocycles. The first-order valence-corrected chi connectivity index (χ1v) is 55.5. The van der Waals surface area contributed by atoms with E-state index in [2.05, 4.69) is 114 Å². The Bertz CT molecular complexity index is 3110. The average molecular weight is 1930 g/mol. The molecule has 0 saturated heterocycles. The SMILES string of the molecule is CCCCCC(O)/C=C/C=C\C/C=C\CCCCCCC(=O)OCC(COC(=O)CCCCCC/C=C\C/C=C\C=C\C(O)CCCCC)OC(=O)CCCCCC/C=C\C/C=C\C=C\C(O)CCCCC.CCCCCC(O)/C=C/C=C\CCCCCCCC(=O)OCC(COC(=O)CCCCCCC/C=C\C=C\C(O)CCCCC)OC(=O)CCCCCCC/C=C\C=C\C(O)CCCCC. The summed E-state index contributed by atoms with van der Waals surface area (Å²) >= 11 is 0. The van der Waals surface area contributed by atoms with Crippen LogP contribution in [-0.2, 0) is 57.2 Å². The summed E-state index contributed by atoms with van der Waals surface area (Å²) in [5.41, 5.74) is 0. The van der Waals surface area contributed by atoms with Gasteiger partial charge in [0, 0.05) is 38.5 Å². The monoisotopic (exact) mass is 1930 g/mol. The van der Waals surface area contributed by atoms with Crippen LogP contribution in [0.1, 0.15) is 465 Å². The third-order valence-electron chi connectivity index (χ3n) is 23.5. The van der Waals surface area contributed by atoms with Crippen LogP contribution in [0.2, 0.25) is 0 Å². The summed E-state index contributed by atoms with van der Waals surface area (Å²) in [4.78, 5) is 76.2. The topological polar surface area (TPSA) is 279 Å². The van der Waals surface area contributed by atoms with E-state index < -0.39 is 12.2 Å². The van der Waals surface area contributed by atoms with Crippen molar-refractivity contribution in [1.29, 1.82) is 0 Å². The molecule has 0 rings (SSSR count). The second-order valence-electron chi connectivity index (χ2n) is 37.1. The predicted molar refractivity (Wildman–Crippen MR) is 576 cm³/mol. The van der Waals surface area contributed by atoms with Gasteiger partial charge in [0.1, 0.15) is 26.4 Å². The molecule has 18 nitrogen and oxygen atoms in total. The summed E-state index contributed by atoms with van der Waals surface area (Å²) in [6, 6.07) is 0. The molecule has 138 heavy (non-hydrogen) atoms. The zero-order valence-electron chi connectivity index (χ0n) is 88.0. The van der Waals surface area contributed by atoms with E-state index in [1.54, 1.807) is 0 Å². The van der Waals surface area contributed by atoms with Gasteiger partial charge >= 0.3 is 35.8 Å². The minimum Gasteiger partial charge on any atom is -0.462 e. The molecule has 6 N–H and O–H groups in total. The van der Waals surface area contributed by atoms with Crippen molar-refractivity contribution in [3.05, 3.63) is 182 Å². The van der Waals surface area contributed by atoms with E-state index >= 15 is 0 Å². The van der Waals surface area contributed by atoms with Gasteiger partial charge in [0.25, 0.3) is 0 Å². The molecule has 790 valence electrons. The number of carbonyl (C=O) groups is 6. The van der Waals surface area contributed by atoms with E-state index in [-0.39, 0.29) is 137 Å². The summed E-state index contributed by atoms with van der Waals surface area (Å²) in [5.74, 6) is -2.15. The van der Waals surface area contributed by atoms with Gasteiger partial charge in [-0.15, -0.1) is 0 Å². The van der Waals surface area contributed by atoms with Gasteiger partial charge in [-0.3, -0.25) is 28.8 Å². The van der Waals surface area contributed by atoms with Gasteiger partial charge in [-0.2, -0.15) is 0 Å². The molecule has 0 aliphatic rings. The van der Waals surface area contributed by atoms with E-state index in [0.29, 0.717) is 25.7 Å². The number of carbonyl (C=O) groups excluding carboxylic acids is 6. The fraction of sp³-hybridized carbons (Fsp3) is 0.700. The van der Waals surface area contributed by atoms with Gasteiger partial charge in [0.15, 0.2) is 12.2 Å². The Labute approximate surface area is 841 Å². The number of allylic oxidation sites excluding steroid dienone is 24. The first kappa shape index (κ1) is 133. The molecule has 6 unspecified atom stereocenters. The van der Waals surface area contributed by atoms with Crippen LogP contribution in [0.4, 0.5) is 0 Å². The Hall–Kier alpha value is -7.32. The molecular formula is C120H202O18. The molecule has 0 radical (unpaired) electrons. The lowest BCUT2D eigenvalue weighted by Gasteiger charge is -2.18. The van der Waals surface area contributed by atoms with Crippen LogP contribution < -0.4 is 0 Å². The molecule has 0 heterocycles. The molecule has 6 atom stereocenters. The Morgan fingerprint density at radius 2 is 0.362 bits per heavy atom. The van der Waals surface area contributed by atoms with E-state index in [1.807, 2.05) is 109 Å². The summed E-state index contributed by atoms with van der Waals surface area (Å²) in [7, 11) is 0. The largest absolute Gasteiger partial charge is 0.462 e. The highest BCUT2D eigenvalue weighted by Gasteiger charge is 2.22. The summed E-state index contributed by atoms with van der Waals surface area (Å²) < 4.78 is 33.5. The second kappa shape index (κ2) is 109. The predicted octanol–water partition coefficient (Wildman–Crippen LogP) is 30.3. The van der Waals surface area contributed by atoms with Crippen molar-refractivity contribution in [2.75, 3.05) is 26.4 Å². The van der Waals surface area contributed by atoms with Crippen LogP contribution in [0.15, 0.2) is 182 Å². The first-order chi connectivity index (χ1) is 67.4. The minimum absolute atomic E-state index is 0.140. The Kier molecular flexibility index (Phi) is 104. The number of hydrogen-bond donors (Lipinski definition) is 6. The third-order valence-corrected chi connectivity index (χ3v) is 23.5. The molecular weight excluding hydrogens is 1730 g/mol. The van der Waals surface area contributed by atoms with E-state index in [9.17, 15) is 59.4 Å². The maximum absolute atomic E-state index is 12.9. The number of rotatable bonds is 97. The fourth-order valence-corrected chi connectivity index (χ4v) is 14.8. The number of aliphatic hydroxyl groups excluding tert-OH is 6. The van der Waals surface area contributed by atoms with Crippen LogP contribution in [0.25, 0.3) is 0 Å². The molecule has 18 heteroatoms. The Morgan fingerprint density at radius 1 is 0.188 bits per heavy atom. The molecule has 0 aliphatic heterocycles. The zero-order chi connectivity index (χ0) is 101. The molecule has 0 aromatic carbocycles. The van der Waals surface area contributed by atoms with Crippen LogP contribution in [-0.4, -0.2) is 142 Å². The number of hydrogen-bond acceptors (Lipinski definition) is 18. The maximum Gasteiger partial charge on any atom is 0.306 e. The van der Waals surface area contributed by atoms with Crippen molar-refractivity contribution in [3.63, 3.8) is 0 Å². The average Bonchev–Trinajstić information content (AvgIpc) is 0.942. The smallest absolute Gasteiger partial charge is 0.306 e. The Morgan fingerprint density at radius 3 is 0.565 bits per heavy atom. The number of aliphatic hydroxyl groups is 6. The van der Waals surface area contributed by atoms with Gasteiger partial charge in [-0.25, -0.2) is 0 Å². The zero-order valence-corrected chi connectivity index (χ0v) is 88.0. The summed E-state index contributed by atoms with van der Waals surface area (Å²) in [6.45, 7) is 12.4. The van der Waals surface area contributed by atoms with E-state index in [1.165, 1.54) is 0 Å². The summed E-state index contributed by atoms with van der Waals surface area (Å²) in [5, 5.41) is 59.8. The van der Waals surface area contributed by atoms with Crippen molar-refractivity contribution in [2.24, 2.45) is 0 Å². The third kappa shape index (κ3) is 106. The van der Waals surface area contributed by atoms with Crippen LogP contribution >= 0.6 is 0 Å². The maximum atomic E-state index is 12.9. The van der Waals surface area contributed by atoms with Crippen LogP contribution in [0, 0.1) is 0 Å². The lowest BCUT2D eigenvalue weighted by Crippen LogP contribution is -2.30. The highest BCUT2D eigenvalue weighted by molar-refractivity contribution is 5.72. The molecule has 0 aliphatic carbocycles. The van der Waals surface area contributed by atoms with Crippen LogP contribution in [0.5, 0.6) is 0 Å². The molecule has 0 saturated carbocycles. The van der Waals surface area contributed by atoms with E-state index in [0.717, 1.165) is 360 Å². The molecule has 0 aromatic rings. The van der Waals surface area contributed by atoms with Gasteiger partial charge < -0.3 is 59.1 Å². The second-order valence-corrected chi connectivity index (χ2v) is 37.1. The minimum atomic E-state index is -0.851. The van der Waals surface area contributed by atoms with Crippen molar-refractivity contribution in [1.82, 2.24) is 0 Å². The van der Waals surface area contributed by atoms with Crippen LogP contribution in [0.3, 0.4) is 0 Å². The van der Waals surface area contributed by atoms with Crippen molar-refractivity contribution in [2.45, 2.75) is 514 Å². The number of ether oxygens (including phenoxy) is 6. The van der Waals surface area contributed by atoms with E-state index in [4.69, 9.17) is 28.4 Å². The molecule has 0 spiro atoms. The van der Waals surface area contributed by atoms with Crippen molar-refractivity contribution < 1.29 is 87.8 Å². The molecule has 0 bridgehead atoms. The molecule has 0 amide bonds. The lowest BCUT2D eigenvalue weighted by atomic mass is 10.1. The highest BCUT2D eigenvalue weighted by atomic mass is 16.6. The highest BCUT2D eigenvalue weighted by Crippen LogP contribution is 2.19. The van der Waals surface area contributed by atoms with Crippen molar-refractivity contribution in [3.8, 4) is 0 Å². The molecule has 0 fully saturated rings. The number of esters is 6. The van der Waals surface area contributed by atoms with Crippen molar-refractivity contribution >= 4 is 35.8 Å². The number of unbranched alkanes of at least 4 members (excludes halogenated alkanes) is 39. The van der Waals surface area contributed by atoms with Gasteiger partial charge in [-0.05, 0) is 173 Å². The summed E-state index contributed by atoms with van der Waals surface area (Å²) in [6.07, 6.45) is 117. The van der Waals surface area contributed by atoms with Gasteiger partial charge in [0.05, 0.1) is 36.6 Å². The lowest BCUT2D eigenvalue weighted by molar-refractivity contribution is -0.167. The Balaban J connectivity index is 0. The van der Waals surface area contributed by atoms with Gasteiger partial charge in [-0.1, -0.05) is 436 Å². The normalized spacial score (nSPS) is 14.2. The first-order valence-electron chi connectivity index (χ1n) is 55.5. The standard InChI is InChI=1S/C63H104O9.C57H98O9/c1-4-7-37-46-57(64)49-40-31-25-19-13-10-16-22-28-34-43-52-61(67)70-55-60(72-63(69)54-45-36-30-24-18-12-15-21-27-33-42-51-59(66)48-39-9-6-3)56-71-62(68)53-44-35-29-23-17-11-14-20-26-32-41-50-58(65)47-38-8-5-2;1-4-7-31-40-51(58)43-34-25-19-13-10-16-22-28-37-46-55(61)64-49-54(66-57(63)48-39-30-24-18-12-15-21-27-36-45-53(60)42-33-9-6-3)50-65-56(62)47-38-29-23-17-11-14-20-26-35-44-52(59)41-32-8-5-2/h10-15,25-27,31-33,40-42,49-51,57-60,64-66H,4-9,16-24,28-30,34-39,43-48,52-56H2,1-3H3;19-21,25-27,34-36,43-45,51-54,58-60H,4-18,22-24,28-33,37-42,46-50H2,1-3H3/b13-10-,14-11-,15-12-,31-25-,32-26-,33-27-,49-40+,50-41+,51-42+;25-19-,26-20-,27-21-,43-34+,44-35+,45-36+.